The molecule has 0 spiro atoms. The highest BCUT2D eigenvalue weighted by atomic mass is 35.5. The Hall–Kier alpha value is -2.77. The molecule has 0 aliphatic carbocycles. The molecule has 0 radical (unpaired) electrons. The van der Waals surface area contributed by atoms with Gasteiger partial charge in [0.05, 0.1) is 32.9 Å². The molecule has 7 nitrogen and oxygen atoms in total. The molecule has 0 saturated carbocycles. The van der Waals surface area contributed by atoms with Crippen LogP contribution in [0.1, 0.15) is 11.7 Å². The van der Waals surface area contributed by atoms with Gasteiger partial charge in [-0.2, -0.15) is 4.98 Å². The Bertz CT molecular complexity index is 1010. The molecule has 8 heteroatoms. The Balaban J connectivity index is 1.69. The average molecular weight is 401 g/mol. The van der Waals surface area contributed by atoms with Crippen molar-refractivity contribution in [3.63, 3.8) is 0 Å². The van der Waals surface area contributed by atoms with Crippen molar-refractivity contribution in [1.82, 2.24) is 9.97 Å². The van der Waals surface area contributed by atoms with Crippen LogP contribution in [0.25, 0.3) is 10.9 Å². The molecular formula is C20H21ClN4O3. The van der Waals surface area contributed by atoms with Crippen molar-refractivity contribution in [2.24, 2.45) is 0 Å². The third kappa shape index (κ3) is 3.39. The van der Waals surface area contributed by atoms with Gasteiger partial charge in [-0.1, -0.05) is 29.8 Å². The van der Waals surface area contributed by atoms with Crippen LogP contribution in [0.4, 0.5) is 11.8 Å². The monoisotopic (exact) mass is 400 g/mol. The molecule has 28 heavy (non-hydrogen) atoms. The van der Waals surface area contributed by atoms with Crippen LogP contribution in [0.2, 0.25) is 5.02 Å². The largest absolute Gasteiger partial charge is 0.493 e. The molecule has 1 saturated heterocycles. The van der Waals surface area contributed by atoms with Crippen molar-refractivity contribution in [3.8, 4) is 11.5 Å². The number of fused-ring (bicyclic) bond motifs is 1. The van der Waals surface area contributed by atoms with Gasteiger partial charge in [0.1, 0.15) is 11.9 Å². The SMILES string of the molecule is COc1cc2nc(N3CCOC(c4ccccc4Cl)C3)nc(N)c2cc1OC. The number of halogens is 1. The van der Waals surface area contributed by atoms with Crippen LogP contribution in [0, 0.1) is 0 Å². The van der Waals surface area contributed by atoms with Gasteiger partial charge in [0.15, 0.2) is 11.5 Å². The van der Waals surface area contributed by atoms with Gasteiger partial charge in [0.2, 0.25) is 5.95 Å². The van der Waals surface area contributed by atoms with E-state index < -0.39 is 0 Å². The third-order valence-corrected chi connectivity index (χ3v) is 5.16. The molecule has 1 atom stereocenters. The first-order valence-electron chi connectivity index (χ1n) is 8.91. The molecule has 0 bridgehead atoms. The summed E-state index contributed by atoms with van der Waals surface area (Å²) in [7, 11) is 3.17. The van der Waals surface area contributed by atoms with Gasteiger partial charge >= 0.3 is 0 Å². The molecule has 2 N–H and O–H groups in total. The topological polar surface area (TPSA) is 82.7 Å². The molecule has 1 unspecified atom stereocenters. The van der Waals surface area contributed by atoms with Crippen LogP contribution in [0.15, 0.2) is 36.4 Å². The van der Waals surface area contributed by atoms with Gasteiger partial charge in [-0.3, -0.25) is 0 Å². The van der Waals surface area contributed by atoms with E-state index in [9.17, 15) is 0 Å². The predicted molar refractivity (Wildman–Crippen MR) is 109 cm³/mol. The van der Waals surface area contributed by atoms with E-state index in [1.165, 1.54) is 0 Å². The predicted octanol–water partition coefficient (Wildman–Crippen LogP) is 3.46. The number of methoxy groups -OCH3 is 2. The normalized spacial score (nSPS) is 17.0. The summed E-state index contributed by atoms with van der Waals surface area (Å²) >= 11 is 6.34. The van der Waals surface area contributed by atoms with Gasteiger partial charge in [0, 0.05) is 28.6 Å². The summed E-state index contributed by atoms with van der Waals surface area (Å²) in [4.78, 5) is 11.3. The van der Waals surface area contributed by atoms with Crippen molar-refractivity contribution in [2.45, 2.75) is 6.10 Å². The second-order valence-corrected chi connectivity index (χ2v) is 6.87. The molecule has 2 heterocycles. The van der Waals surface area contributed by atoms with Crippen LogP contribution in [-0.4, -0.2) is 43.9 Å². The highest BCUT2D eigenvalue weighted by Crippen LogP contribution is 2.35. The maximum atomic E-state index is 6.34. The van der Waals surface area contributed by atoms with Crippen molar-refractivity contribution in [3.05, 3.63) is 47.0 Å². The number of nitrogens with zero attached hydrogens (tertiary/aromatic N) is 3. The van der Waals surface area contributed by atoms with Gasteiger partial charge in [0.25, 0.3) is 0 Å². The van der Waals surface area contributed by atoms with E-state index in [2.05, 4.69) is 9.88 Å². The quantitative estimate of drug-likeness (QED) is 0.718. The highest BCUT2D eigenvalue weighted by molar-refractivity contribution is 6.31. The van der Waals surface area contributed by atoms with Crippen LogP contribution in [-0.2, 0) is 4.74 Å². The molecule has 4 rings (SSSR count). The van der Waals surface area contributed by atoms with E-state index in [1.54, 1.807) is 20.3 Å². The van der Waals surface area contributed by atoms with Crippen LogP contribution >= 0.6 is 11.6 Å². The Morgan fingerprint density at radius 3 is 2.64 bits per heavy atom. The lowest BCUT2D eigenvalue weighted by Gasteiger charge is -2.33. The van der Waals surface area contributed by atoms with Gasteiger partial charge in [-0.15, -0.1) is 0 Å². The molecule has 0 amide bonds. The summed E-state index contributed by atoms with van der Waals surface area (Å²) in [6, 6.07) is 11.3. The summed E-state index contributed by atoms with van der Waals surface area (Å²) in [5.74, 6) is 2.12. The Labute approximate surface area is 168 Å². The first-order valence-corrected chi connectivity index (χ1v) is 9.28. The lowest BCUT2D eigenvalue weighted by Crippen LogP contribution is -2.39. The van der Waals surface area contributed by atoms with Crippen molar-refractivity contribution in [1.29, 1.82) is 0 Å². The molecule has 3 aromatic rings. The number of benzene rings is 2. The molecule has 1 aliphatic rings. The summed E-state index contributed by atoms with van der Waals surface area (Å²) in [6.45, 7) is 1.80. The number of hydrogen-bond donors (Lipinski definition) is 1. The number of nitrogens with two attached hydrogens (primary N) is 1. The lowest BCUT2D eigenvalue weighted by molar-refractivity contribution is 0.0393. The number of ether oxygens (including phenoxy) is 3. The lowest BCUT2D eigenvalue weighted by atomic mass is 10.1. The number of aromatic nitrogens is 2. The molecule has 1 aromatic heterocycles. The van der Waals surface area contributed by atoms with Gasteiger partial charge in [-0.05, 0) is 12.1 Å². The van der Waals surface area contributed by atoms with Gasteiger partial charge in [-0.25, -0.2) is 4.98 Å². The number of hydrogen-bond acceptors (Lipinski definition) is 7. The minimum atomic E-state index is -0.159. The fraction of sp³-hybridized carbons (Fsp3) is 0.300. The standard InChI is InChI=1S/C20H21ClN4O3/c1-26-16-9-13-15(10-17(16)27-2)23-20(24-19(13)22)25-7-8-28-18(11-25)12-5-3-4-6-14(12)21/h3-6,9-10,18H,7-8,11H2,1-2H3,(H2,22,23,24). The first-order chi connectivity index (χ1) is 13.6. The molecule has 1 fully saturated rings. The molecule has 2 aromatic carbocycles. The third-order valence-electron chi connectivity index (χ3n) is 4.82. The number of anilines is 2. The number of morpholine rings is 1. The maximum absolute atomic E-state index is 6.34. The second kappa shape index (κ2) is 7.69. The summed E-state index contributed by atoms with van der Waals surface area (Å²) in [5, 5.41) is 1.41. The van der Waals surface area contributed by atoms with E-state index in [0.717, 1.165) is 10.9 Å². The number of rotatable bonds is 4. The zero-order valence-corrected chi connectivity index (χ0v) is 16.4. The first kappa shape index (κ1) is 18.6. The van der Waals surface area contributed by atoms with Crippen LogP contribution < -0.4 is 20.1 Å². The van der Waals surface area contributed by atoms with Gasteiger partial charge < -0.3 is 24.8 Å². The Morgan fingerprint density at radius 1 is 1.14 bits per heavy atom. The van der Waals surface area contributed by atoms with E-state index in [4.69, 9.17) is 36.5 Å². The Kier molecular flexibility index (Phi) is 5.11. The zero-order chi connectivity index (χ0) is 19.7. The Morgan fingerprint density at radius 2 is 1.89 bits per heavy atom. The van der Waals surface area contributed by atoms with E-state index in [0.29, 0.717) is 53.5 Å². The smallest absolute Gasteiger partial charge is 0.228 e. The average Bonchev–Trinajstić information content (AvgIpc) is 2.73. The van der Waals surface area contributed by atoms with E-state index in [1.807, 2.05) is 30.3 Å². The fourth-order valence-electron chi connectivity index (χ4n) is 3.36. The van der Waals surface area contributed by atoms with Crippen LogP contribution in [0.3, 0.4) is 0 Å². The van der Waals surface area contributed by atoms with Crippen molar-refractivity contribution < 1.29 is 14.2 Å². The van der Waals surface area contributed by atoms with Crippen LogP contribution in [0.5, 0.6) is 11.5 Å². The summed E-state index contributed by atoms with van der Waals surface area (Å²) < 4.78 is 16.7. The zero-order valence-electron chi connectivity index (χ0n) is 15.7. The molecular weight excluding hydrogens is 380 g/mol. The maximum Gasteiger partial charge on any atom is 0.228 e. The minimum absolute atomic E-state index is 0.159. The second-order valence-electron chi connectivity index (χ2n) is 6.46. The fourth-order valence-corrected chi connectivity index (χ4v) is 3.62. The van der Waals surface area contributed by atoms with E-state index >= 15 is 0 Å². The number of nitrogen functional groups attached to an aromatic ring is 1. The van der Waals surface area contributed by atoms with Crippen molar-refractivity contribution in [2.75, 3.05) is 44.5 Å². The van der Waals surface area contributed by atoms with Crippen molar-refractivity contribution >= 4 is 34.3 Å². The highest BCUT2D eigenvalue weighted by Gasteiger charge is 2.26. The molecule has 146 valence electrons. The minimum Gasteiger partial charge on any atom is -0.493 e. The molecule has 1 aliphatic heterocycles. The summed E-state index contributed by atoms with van der Waals surface area (Å²) in [6.07, 6.45) is -0.159. The summed E-state index contributed by atoms with van der Waals surface area (Å²) in [5.41, 5.74) is 7.87. The van der Waals surface area contributed by atoms with E-state index in [-0.39, 0.29) is 6.10 Å².